The third-order valence-electron chi connectivity index (χ3n) is 2.24. The maximum atomic E-state index is 12.0. The van der Waals surface area contributed by atoms with Gasteiger partial charge < -0.3 is 4.57 Å². The van der Waals surface area contributed by atoms with E-state index in [2.05, 4.69) is 26.1 Å². The van der Waals surface area contributed by atoms with Crippen molar-refractivity contribution in [2.75, 3.05) is 5.75 Å². The van der Waals surface area contributed by atoms with Crippen LogP contribution in [0.4, 0.5) is 0 Å². The van der Waals surface area contributed by atoms with Crippen LogP contribution >= 0.6 is 15.9 Å². The molecular weight excluding hydrogens is 306 g/mol. The Morgan fingerprint density at radius 1 is 1.24 bits per heavy atom. The van der Waals surface area contributed by atoms with Gasteiger partial charge in [-0.1, -0.05) is 22.0 Å². The lowest BCUT2D eigenvalue weighted by Gasteiger charge is -2.05. The third kappa shape index (κ3) is 3.13. The fraction of sp³-hybridized carbons (Fsp3) is 0.200. The molecule has 0 aliphatic rings. The standard InChI is InChI=1S/C10H10BrN3O2S/c11-9-2-1-3-10(6-9)17(15,16)5-4-14-7-12-13-8-14/h1-3,6-8H,4-5H2. The van der Waals surface area contributed by atoms with E-state index in [1.807, 2.05) is 0 Å². The Kier molecular flexibility index (Phi) is 3.58. The summed E-state index contributed by atoms with van der Waals surface area (Å²) in [6.07, 6.45) is 2.99. The minimum Gasteiger partial charge on any atom is -0.319 e. The van der Waals surface area contributed by atoms with E-state index in [4.69, 9.17) is 0 Å². The van der Waals surface area contributed by atoms with Gasteiger partial charge in [-0.2, -0.15) is 0 Å². The second kappa shape index (κ2) is 4.97. The zero-order valence-electron chi connectivity index (χ0n) is 8.82. The van der Waals surface area contributed by atoms with E-state index in [0.29, 0.717) is 11.4 Å². The number of sulfone groups is 1. The summed E-state index contributed by atoms with van der Waals surface area (Å²) in [5.41, 5.74) is 0. The monoisotopic (exact) mass is 315 g/mol. The predicted molar refractivity (Wildman–Crippen MR) is 66.2 cm³/mol. The Balaban J connectivity index is 2.14. The second-order valence-electron chi connectivity index (χ2n) is 3.48. The van der Waals surface area contributed by atoms with Crippen LogP contribution in [-0.2, 0) is 16.4 Å². The molecule has 0 N–H and O–H groups in total. The van der Waals surface area contributed by atoms with Gasteiger partial charge in [-0.15, -0.1) is 10.2 Å². The van der Waals surface area contributed by atoms with Crippen LogP contribution in [0, 0.1) is 0 Å². The van der Waals surface area contributed by atoms with Crippen molar-refractivity contribution < 1.29 is 8.42 Å². The summed E-state index contributed by atoms with van der Waals surface area (Å²) in [6.45, 7) is 0.349. The molecule has 1 heterocycles. The third-order valence-corrected chi connectivity index (χ3v) is 4.43. The summed E-state index contributed by atoms with van der Waals surface area (Å²) in [7, 11) is -3.27. The molecule has 2 aromatic rings. The van der Waals surface area contributed by atoms with Gasteiger partial charge in [0.15, 0.2) is 9.84 Å². The van der Waals surface area contributed by atoms with Crippen molar-refractivity contribution >= 4 is 25.8 Å². The van der Waals surface area contributed by atoms with Crippen molar-refractivity contribution in [2.45, 2.75) is 11.4 Å². The van der Waals surface area contributed by atoms with Crippen LogP contribution in [0.3, 0.4) is 0 Å². The second-order valence-corrected chi connectivity index (χ2v) is 6.50. The number of hydrogen-bond acceptors (Lipinski definition) is 4. The van der Waals surface area contributed by atoms with Gasteiger partial charge in [0.05, 0.1) is 10.6 Å². The molecule has 0 unspecified atom stereocenters. The van der Waals surface area contributed by atoms with Crippen LogP contribution in [0.25, 0.3) is 0 Å². The highest BCUT2D eigenvalue weighted by molar-refractivity contribution is 9.10. The Labute approximate surface area is 108 Å². The molecule has 7 heteroatoms. The minimum atomic E-state index is -3.27. The maximum Gasteiger partial charge on any atom is 0.180 e. The Morgan fingerprint density at radius 3 is 2.59 bits per heavy atom. The molecule has 17 heavy (non-hydrogen) atoms. The molecule has 0 fully saturated rings. The fourth-order valence-electron chi connectivity index (χ4n) is 1.34. The Bertz CT molecular complexity index is 596. The molecule has 0 saturated heterocycles. The number of nitrogens with zero attached hydrogens (tertiary/aromatic N) is 3. The van der Waals surface area contributed by atoms with Gasteiger partial charge in [-0.25, -0.2) is 8.42 Å². The van der Waals surface area contributed by atoms with Crippen molar-refractivity contribution in [1.82, 2.24) is 14.8 Å². The molecule has 90 valence electrons. The first-order valence-corrected chi connectivity index (χ1v) is 7.33. The summed E-state index contributed by atoms with van der Waals surface area (Å²) in [5.74, 6) is 0.0293. The molecule has 2 rings (SSSR count). The van der Waals surface area contributed by atoms with Gasteiger partial charge in [-0.05, 0) is 18.2 Å². The molecule has 0 saturated carbocycles. The number of hydrogen-bond donors (Lipinski definition) is 0. The Morgan fingerprint density at radius 2 is 1.94 bits per heavy atom. The molecule has 0 amide bonds. The van der Waals surface area contributed by atoms with Crippen LogP contribution < -0.4 is 0 Å². The van der Waals surface area contributed by atoms with E-state index in [1.54, 1.807) is 28.8 Å². The number of benzene rings is 1. The number of rotatable bonds is 4. The predicted octanol–water partition coefficient (Wildman–Crippen LogP) is 1.51. The summed E-state index contributed by atoms with van der Waals surface area (Å²) < 4.78 is 26.4. The molecule has 0 atom stereocenters. The van der Waals surface area contributed by atoms with Crippen LogP contribution in [0.1, 0.15) is 0 Å². The zero-order chi connectivity index (χ0) is 12.3. The lowest BCUT2D eigenvalue weighted by Crippen LogP contribution is -2.12. The number of aromatic nitrogens is 3. The van der Waals surface area contributed by atoms with Gasteiger partial charge in [0.1, 0.15) is 12.7 Å². The highest BCUT2D eigenvalue weighted by atomic mass is 79.9. The smallest absolute Gasteiger partial charge is 0.180 e. The SMILES string of the molecule is O=S(=O)(CCn1cnnc1)c1cccc(Br)c1. The molecule has 1 aromatic carbocycles. The number of aryl methyl sites for hydroxylation is 1. The summed E-state index contributed by atoms with van der Waals surface area (Å²) >= 11 is 3.25. The highest BCUT2D eigenvalue weighted by Gasteiger charge is 2.14. The lowest BCUT2D eigenvalue weighted by atomic mass is 10.4. The van der Waals surface area contributed by atoms with Gasteiger partial charge in [-0.3, -0.25) is 0 Å². The molecule has 0 aliphatic carbocycles. The van der Waals surface area contributed by atoms with Crippen molar-refractivity contribution in [3.63, 3.8) is 0 Å². The average molecular weight is 316 g/mol. The van der Waals surface area contributed by atoms with E-state index >= 15 is 0 Å². The van der Waals surface area contributed by atoms with Crippen LogP contribution in [-0.4, -0.2) is 28.9 Å². The van der Waals surface area contributed by atoms with Crippen molar-refractivity contribution in [1.29, 1.82) is 0 Å². The van der Waals surface area contributed by atoms with Crippen LogP contribution in [0.15, 0.2) is 46.3 Å². The van der Waals surface area contributed by atoms with Crippen LogP contribution in [0.5, 0.6) is 0 Å². The first-order chi connectivity index (χ1) is 8.08. The molecule has 0 aliphatic heterocycles. The summed E-state index contributed by atoms with van der Waals surface area (Å²) in [5, 5.41) is 7.24. The van der Waals surface area contributed by atoms with E-state index in [9.17, 15) is 8.42 Å². The van der Waals surface area contributed by atoms with Crippen molar-refractivity contribution in [3.8, 4) is 0 Å². The van der Waals surface area contributed by atoms with Gasteiger partial charge in [0.25, 0.3) is 0 Å². The van der Waals surface area contributed by atoms with Crippen molar-refractivity contribution in [3.05, 3.63) is 41.4 Å². The first-order valence-electron chi connectivity index (χ1n) is 4.89. The summed E-state index contributed by atoms with van der Waals surface area (Å²) in [4.78, 5) is 0.319. The molecule has 0 bridgehead atoms. The number of halogens is 1. The van der Waals surface area contributed by atoms with E-state index in [0.717, 1.165) is 4.47 Å². The van der Waals surface area contributed by atoms with Gasteiger partial charge in [0.2, 0.25) is 0 Å². The molecule has 5 nitrogen and oxygen atoms in total. The largest absolute Gasteiger partial charge is 0.319 e. The van der Waals surface area contributed by atoms with E-state index in [-0.39, 0.29) is 5.75 Å². The molecule has 0 spiro atoms. The zero-order valence-corrected chi connectivity index (χ0v) is 11.2. The van der Waals surface area contributed by atoms with Gasteiger partial charge >= 0.3 is 0 Å². The van der Waals surface area contributed by atoms with Gasteiger partial charge in [0, 0.05) is 11.0 Å². The quantitative estimate of drug-likeness (QED) is 0.858. The topological polar surface area (TPSA) is 64.8 Å². The normalized spacial score (nSPS) is 11.6. The Hall–Kier alpha value is -1.21. The van der Waals surface area contributed by atoms with Crippen LogP contribution in [0.2, 0.25) is 0 Å². The maximum absolute atomic E-state index is 12.0. The minimum absolute atomic E-state index is 0.0293. The molecule has 1 aromatic heterocycles. The first kappa shape index (κ1) is 12.3. The highest BCUT2D eigenvalue weighted by Crippen LogP contribution is 2.17. The average Bonchev–Trinajstić information content (AvgIpc) is 2.79. The molecule has 0 radical (unpaired) electrons. The molecular formula is C10H10BrN3O2S. The van der Waals surface area contributed by atoms with E-state index < -0.39 is 9.84 Å². The summed E-state index contributed by atoms with van der Waals surface area (Å²) in [6, 6.07) is 6.68. The van der Waals surface area contributed by atoms with Crippen molar-refractivity contribution in [2.24, 2.45) is 0 Å². The fourth-order valence-corrected chi connectivity index (χ4v) is 3.17. The lowest BCUT2D eigenvalue weighted by molar-refractivity contribution is 0.588. The van der Waals surface area contributed by atoms with E-state index in [1.165, 1.54) is 12.7 Å².